The molecule has 9 heteroatoms. The Labute approximate surface area is 265 Å². The molecule has 45 heavy (non-hydrogen) atoms. The molecule has 8 nitrogen and oxygen atoms in total. The van der Waals surface area contributed by atoms with E-state index in [1.165, 1.54) is 30.0 Å². The van der Waals surface area contributed by atoms with Gasteiger partial charge in [0.2, 0.25) is 23.6 Å². The van der Waals surface area contributed by atoms with Crippen molar-refractivity contribution in [1.82, 2.24) is 4.90 Å². The first-order valence-electron chi connectivity index (χ1n) is 14.9. The summed E-state index contributed by atoms with van der Waals surface area (Å²) in [4.78, 5) is 58.7. The predicted octanol–water partition coefficient (Wildman–Crippen LogP) is 5.39. The molecule has 3 fully saturated rings. The summed E-state index contributed by atoms with van der Waals surface area (Å²) >= 11 is 6.34. The molecule has 2 aliphatic carbocycles. The minimum atomic E-state index is -1.33. The van der Waals surface area contributed by atoms with Crippen LogP contribution in [0.15, 0.2) is 90.5 Å². The van der Waals surface area contributed by atoms with E-state index in [1.807, 2.05) is 48.6 Å². The van der Waals surface area contributed by atoms with Crippen molar-refractivity contribution < 1.29 is 29.0 Å². The van der Waals surface area contributed by atoms with E-state index in [-0.39, 0.29) is 35.8 Å². The smallest absolute Gasteiger partial charge is 0.246 e. The summed E-state index contributed by atoms with van der Waals surface area (Å²) in [6.45, 7) is 0. The number of nitrogens with zero attached hydrogens (tertiary/aromatic N) is 2. The monoisotopic (exact) mass is 622 g/mol. The number of imide groups is 2. The Balaban J connectivity index is 1.46. The first-order valence-corrected chi connectivity index (χ1v) is 15.3. The van der Waals surface area contributed by atoms with Crippen molar-refractivity contribution in [2.45, 2.75) is 18.3 Å². The number of hydrogen-bond acceptors (Lipinski definition) is 6. The molecule has 7 rings (SSSR count). The first-order chi connectivity index (χ1) is 21.7. The highest BCUT2D eigenvalue weighted by molar-refractivity contribution is 6.32. The Morgan fingerprint density at radius 1 is 0.933 bits per heavy atom. The lowest BCUT2D eigenvalue weighted by atomic mass is 9.50. The summed E-state index contributed by atoms with van der Waals surface area (Å²) in [5, 5.41) is 10.6. The number of anilines is 1. The zero-order chi connectivity index (χ0) is 31.6. The topological polar surface area (TPSA) is 104 Å². The van der Waals surface area contributed by atoms with Crippen LogP contribution in [0.4, 0.5) is 5.69 Å². The Morgan fingerprint density at radius 3 is 2.44 bits per heavy atom. The lowest BCUT2D eigenvalue weighted by Gasteiger charge is -2.49. The van der Waals surface area contributed by atoms with Gasteiger partial charge in [-0.2, -0.15) is 0 Å². The van der Waals surface area contributed by atoms with Gasteiger partial charge in [0.25, 0.3) is 0 Å². The molecule has 3 aromatic rings. The summed E-state index contributed by atoms with van der Waals surface area (Å²) in [5.74, 6) is -3.84. The van der Waals surface area contributed by atoms with E-state index >= 15 is 4.79 Å². The highest BCUT2D eigenvalue weighted by Crippen LogP contribution is 2.61. The van der Waals surface area contributed by atoms with E-state index in [1.54, 1.807) is 36.4 Å². The highest BCUT2D eigenvalue weighted by atomic mass is 35.5. The molecule has 1 N–H and O–H groups in total. The average Bonchev–Trinajstić information content (AvgIpc) is 3.41. The number of amides is 4. The van der Waals surface area contributed by atoms with Gasteiger partial charge in [-0.15, -0.1) is 0 Å². The van der Waals surface area contributed by atoms with Gasteiger partial charge in [-0.1, -0.05) is 77.9 Å². The predicted molar refractivity (Wildman–Crippen MR) is 168 cm³/mol. The van der Waals surface area contributed by atoms with E-state index in [4.69, 9.17) is 16.3 Å². The zero-order valence-electron chi connectivity index (χ0n) is 24.7. The van der Waals surface area contributed by atoms with Crippen LogP contribution in [-0.2, 0) is 24.6 Å². The molecular weight excluding hydrogens is 592 g/mol. The Morgan fingerprint density at radius 2 is 1.71 bits per heavy atom. The fraction of sp³-hybridized carbons (Fsp3) is 0.278. The molecule has 0 bridgehead atoms. The van der Waals surface area contributed by atoms with E-state index < -0.39 is 35.0 Å². The molecule has 6 atom stereocenters. The van der Waals surface area contributed by atoms with E-state index in [0.717, 1.165) is 11.1 Å². The number of methoxy groups -OCH3 is 1. The van der Waals surface area contributed by atoms with Crippen LogP contribution in [0.3, 0.4) is 0 Å². The van der Waals surface area contributed by atoms with Crippen molar-refractivity contribution in [2.24, 2.45) is 29.6 Å². The number of likely N-dealkylation sites (tertiary alicyclic amines) is 1. The summed E-state index contributed by atoms with van der Waals surface area (Å²) in [6.07, 6.45) is 6.43. The van der Waals surface area contributed by atoms with Gasteiger partial charge in [0.15, 0.2) is 11.5 Å². The molecule has 4 amide bonds. The van der Waals surface area contributed by atoms with Crippen molar-refractivity contribution in [3.05, 3.63) is 107 Å². The van der Waals surface area contributed by atoms with Crippen molar-refractivity contribution >= 4 is 47.0 Å². The minimum absolute atomic E-state index is 0.00325. The van der Waals surface area contributed by atoms with Crippen LogP contribution in [-0.4, -0.2) is 47.8 Å². The molecule has 2 heterocycles. The molecule has 1 saturated carbocycles. The number of halogens is 1. The van der Waals surface area contributed by atoms with Gasteiger partial charge in [0.05, 0.1) is 36.0 Å². The average molecular weight is 623 g/mol. The number of fused-ring (bicyclic) bond motifs is 4. The number of allylic oxidation sites excluding steroid dienone is 3. The number of phenols is 1. The normalized spacial score (nSPS) is 29.1. The van der Waals surface area contributed by atoms with Gasteiger partial charge in [-0.05, 0) is 60.2 Å². The number of carbonyl (C=O) groups excluding carboxylic acids is 4. The number of ether oxygens (including phenoxy) is 1. The largest absolute Gasteiger partial charge is 0.504 e. The van der Waals surface area contributed by atoms with Crippen LogP contribution in [0.5, 0.6) is 11.5 Å². The molecule has 2 saturated heterocycles. The number of benzene rings is 3. The van der Waals surface area contributed by atoms with Crippen LogP contribution < -0.4 is 9.64 Å². The maximum atomic E-state index is 15.0. The van der Waals surface area contributed by atoms with Crippen LogP contribution in [0.25, 0.3) is 6.08 Å². The van der Waals surface area contributed by atoms with Gasteiger partial charge in [0, 0.05) is 18.0 Å². The fourth-order valence-electron chi connectivity index (χ4n) is 8.15. The Kier molecular flexibility index (Phi) is 6.93. The molecular formula is C36H31ClN2O6. The number of carbonyl (C=O) groups is 4. The molecule has 0 spiro atoms. The lowest BCUT2D eigenvalue weighted by Crippen LogP contribution is -2.54. The fourth-order valence-corrected chi connectivity index (χ4v) is 8.34. The standard InChI is InChI=1S/C36H31ClN2O6/c1-38-32(41)25-14-13-24-26(31(25)34(38)43)19-28-33(42)39(23-10-6-9-22(37)18-23)35(44)36(28,21-7-4-3-5-8-21)27(24)15-11-20-12-16-29(40)30(17-20)45-2/h3-13,15-18,25-28,31,40H,14,19H2,1-2H3. The zero-order valence-corrected chi connectivity index (χ0v) is 25.5. The molecule has 0 radical (unpaired) electrons. The molecule has 228 valence electrons. The van der Waals surface area contributed by atoms with Gasteiger partial charge < -0.3 is 9.84 Å². The highest BCUT2D eigenvalue weighted by Gasteiger charge is 2.69. The maximum absolute atomic E-state index is 15.0. The molecule has 6 unspecified atom stereocenters. The van der Waals surface area contributed by atoms with Crippen LogP contribution in [0.2, 0.25) is 5.02 Å². The van der Waals surface area contributed by atoms with Gasteiger partial charge in [-0.3, -0.25) is 24.1 Å². The third-order valence-corrected chi connectivity index (χ3v) is 10.4. The molecule has 0 aromatic heterocycles. The number of aromatic hydroxyl groups is 1. The van der Waals surface area contributed by atoms with Crippen LogP contribution in [0.1, 0.15) is 24.0 Å². The van der Waals surface area contributed by atoms with Gasteiger partial charge in [0.1, 0.15) is 0 Å². The molecule has 2 aliphatic heterocycles. The molecule has 3 aromatic carbocycles. The minimum Gasteiger partial charge on any atom is -0.504 e. The first kappa shape index (κ1) is 29.0. The summed E-state index contributed by atoms with van der Waals surface area (Å²) in [6, 6.07) is 21.0. The van der Waals surface area contributed by atoms with E-state index in [2.05, 4.69) is 0 Å². The Hall–Kier alpha value is -4.69. The van der Waals surface area contributed by atoms with E-state index in [9.17, 15) is 19.5 Å². The summed E-state index contributed by atoms with van der Waals surface area (Å²) in [5.41, 5.74) is 1.35. The second-order valence-electron chi connectivity index (χ2n) is 12.2. The van der Waals surface area contributed by atoms with Crippen LogP contribution >= 0.6 is 11.6 Å². The quantitative estimate of drug-likeness (QED) is 0.302. The third kappa shape index (κ3) is 4.19. The molecule has 4 aliphatic rings. The van der Waals surface area contributed by atoms with Gasteiger partial charge in [-0.25, -0.2) is 4.90 Å². The van der Waals surface area contributed by atoms with Crippen LogP contribution in [0, 0.1) is 29.6 Å². The summed E-state index contributed by atoms with van der Waals surface area (Å²) in [7, 11) is 2.98. The van der Waals surface area contributed by atoms with Gasteiger partial charge >= 0.3 is 0 Å². The number of hydrogen-bond donors (Lipinski definition) is 1. The third-order valence-electron chi connectivity index (χ3n) is 10.1. The summed E-state index contributed by atoms with van der Waals surface area (Å²) < 4.78 is 5.32. The maximum Gasteiger partial charge on any atom is 0.246 e. The lowest BCUT2D eigenvalue weighted by molar-refractivity contribution is -0.138. The van der Waals surface area contributed by atoms with E-state index in [0.29, 0.717) is 28.4 Å². The SMILES string of the molecule is COc1cc(C=CC2C3=CCC4C(=O)N(C)C(=O)C4C3CC3C(=O)N(c4cccc(Cl)c4)C(=O)C23c2ccccc2)ccc1O. The Bertz CT molecular complexity index is 1820. The van der Waals surface area contributed by atoms with Crippen molar-refractivity contribution in [3.8, 4) is 11.5 Å². The second kappa shape index (κ2) is 10.7. The number of rotatable bonds is 5. The van der Waals surface area contributed by atoms with Crippen molar-refractivity contribution in [2.75, 3.05) is 19.1 Å². The second-order valence-corrected chi connectivity index (χ2v) is 12.6. The number of phenolic OH excluding ortho intramolecular Hbond substituents is 1. The van der Waals surface area contributed by atoms with Crippen molar-refractivity contribution in [1.29, 1.82) is 0 Å². The van der Waals surface area contributed by atoms with Crippen molar-refractivity contribution in [3.63, 3.8) is 0 Å².